The number of hydrazone groups is 1. The highest BCUT2D eigenvalue weighted by Crippen LogP contribution is 2.11. The molecular weight excluding hydrogens is 162 g/mol. The van der Waals surface area contributed by atoms with Gasteiger partial charge >= 0.3 is 0 Å². The molecule has 0 aliphatic rings. The van der Waals surface area contributed by atoms with Crippen molar-refractivity contribution in [2.24, 2.45) is 11.0 Å². The molecule has 0 spiro atoms. The van der Waals surface area contributed by atoms with Crippen molar-refractivity contribution in [2.45, 2.75) is 25.9 Å². The van der Waals surface area contributed by atoms with Crippen LogP contribution in [0.1, 0.15) is 20.3 Å². The number of nitrogens with one attached hydrogen (secondary N) is 1. The summed E-state index contributed by atoms with van der Waals surface area (Å²) in [5.74, 6) is 4.32. The highest BCUT2D eigenvalue weighted by atomic mass is 16.6. The quantitative estimate of drug-likeness (QED) is 0.337. The molecule has 12 heavy (non-hydrogen) atoms. The highest BCUT2D eigenvalue weighted by Gasteiger charge is 2.31. The molecule has 0 aliphatic heterocycles. The first kappa shape index (κ1) is 10.8. The molecule has 1 amide bonds. The number of carbonyl (C=O) groups excluding carboxylic acids is 2. The van der Waals surface area contributed by atoms with E-state index in [1.807, 2.05) is 5.43 Å². The Morgan fingerprint density at radius 3 is 2.75 bits per heavy atom. The van der Waals surface area contributed by atoms with Crippen molar-refractivity contribution in [3.05, 3.63) is 0 Å². The number of hydrogen-bond acceptors (Lipinski definition) is 5. The Labute approximate surface area is 69.7 Å². The van der Waals surface area contributed by atoms with Crippen LogP contribution < -0.4 is 11.3 Å². The molecule has 0 aliphatic carbocycles. The average molecular weight is 173 g/mol. The van der Waals surface area contributed by atoms with Gasteiger partial charge in [-0.05, 0) is 13.3 Å². The summed E-state index contributed by atoms with van der Waals surface area (Å²) < 4.78 is 0. The molecule has 0 fully saturated rings. The Balaban J connectivity index is 4.31. The van der Waals surface area contributed by atoms with Gasteiger partial charge in [-0.15, -0.1) is 0 Å². The fourth-order valence-electron chi connectivity index (χ4n) is 0.489. The second-order valence-corrected chi connectivity index (χ2v) is 2.35. The van der Waals surface area contributed by atoms with Crippen molar-refractivity contribution in [1.29, 1.82) is 0 Å². The van der Waals surface area contributed by atoms with Crippen LogP contribution in [0, 0.1) is 0 Å². The molecular formula is C6H11N3O3. The average Bonchev–Trinajstić information content (AvgIpc) is 2.12. The van der Waals surface area contributed by atoms with Crippen molar-refractivity contribution in [1.82, 2.24) is 5.43 Å². The molecule has 0 aromatic carbocycles. The van der Waals surface area contributed by atoms with Gasteiger partial charge in [0.25, 0.3) is 12.0 Å². The lowest BCUT2D eigenvalue weighted by atomic mass is 10.0. The van der Waals surface area contributed by atoms with Gasteiger partial charge in [-0.3, -0.25) is 9.63 Å². The number of carbonyl (C=O) groups is 1. The summed E-state index contributed by atoms with van der Waals surface area (Å²) in [6, 6.07) is 0. The molecule has 6 nitrogen and oxygen atoms in total. The number of isocyanates is 1. The lowest BCUT2D eigenvalue weighted by molar-refractivity contribution is -0.146. The zero-order chi connectivity index (χ0) is 9.61. The van der Waals surface area contributed by atoms with E-state index in [0.29, 0.717) is 6.42 Å². The molecule has 0 radical (unpaired) electrons. The summed E-state index contributed by atoms with van der Waals surface area (Å²) in [5, 5.41) is 2.89. The Morgan fingerprint density at radius 2 is 2.42 bits per heavy atom. The molecule has 0 aromatic rings. The third kappa shape index (κ3) is 2.43. The lowest BCUT2D eigenvalue weighted by Gasteiger charge is -2.21. The van der Waals surface area contributed by atoms with Crippen LogP contribution in [0.15, 0.2) is 5.10 Å². The Kier molecular flexibility index (Phi) is 4.14. The molecule has 0 rings (SSSR count). The van der Waals surface area contributed by atoms with E-state index in [-0.39, 0.29) is 0 Å². The molecule has 68 valence electrons. The second-order valence-electron chi connectivity index (χ2n) is 2.35. The normalized spacial score (nSPS) is 14.2. The third-order valence-corrected chi connectivity index (χ3v) is 1.62. The van der Waals surface area contributed by atoms with Gasteiger partial charge in [0, 0.05) is 0 Å². The van der Waals surface area contributed by atoms with Crippen molar-refractivity contribution in [3.63, 3.8) is 0 Å². The molecule has 6 heteroatoms. The lowest BCUT2D eigenvalue weighted by Crippen LogP contribution is -2.46. The minimum absolute atomic E-state index is 0.379. The number of amides is 1. The first-order chi connectivity index (χ1) is 5.60. The fourth-order valence-corrected chi connectivity index (χ4v) is 0.489. The largest absolute Gasteiger partial charge is 0.288 e. The third-order valence-electron chi connectivity index (χ3n) is 1.62. The van der Waals surface area contributed by atoms with Crippen molar-refractivity contribution >= 4 is 12.0 Å². The van der Waals surface area contributed by atoms with E-state index >= 15 is 0 Å². The van der Waals surface area contributed by atoms with Crippen LogP contribution in [0.5, 0.6) is 0 Å². The summed E-state index contributed by atoms with van der Waals surface area (Å²) in [5.41, 5.74) is 0.780. The van der Waals surface area contributed by atoms with Gasteiger partial charge in [0.2, 0.25) is 0 Å². The number of rotatable bonds is 4. The van der Waals surface area contributed by atoms with Crippen molar-refractivity contribution < 1.29 is 14.4 Å². The fraction of sp³-hybridized carbons (Fsp3) is 0.667. The van der Waals surface area contributed by atoms with Gasteiger partial charge in [0.1, 0.15) is 0 Å². The second kappa shape index (κ2) is 4.61. The van der Waals surface area contributed by atoms with Crippen LogP contribution in [0.2, 0.25) is 0 Å². The van der Waals surface area contributed by atoms with Crippen LogP contribution in [-0.4, -0.2) is 17.6 Å². The smallest absolute Gasteiger partial charge is 0.274 e. The topological polar surface area (TPSA) is 93.8 Å². The van der Waals surface area contributed by atoms with E-state index in [4.69, 9.17) is 5.90 Å². The minimum atomic E-state index is -1.15. The van der Waals surface area contributed by atoms with Crippen molar-refractivity contribution in [3.8, 4) is 0 Å². The summed E-state index contributed by atoms with van der Waals surface area (Å²) in [4.78, 5) is 25.2. The standard InChI is InChI=1S/C6H11N3O3/c1-3-6(2,12-7)5(11)9-8-4-10/h3,7H2,1-2H3,(H,9,11). The van der Waals surface area contributed by atoms with E-state index in [0.717, 1.165) is 0 Å². The molecule has 0 bridgehead atoms. The maximum atomic E-state index is 11.1. The molecule has 0 aromatic heterocycles. The number of hydrogen-bond donors (Lipinski definition) is 2. The van der Waals surface area contributed by atoms with E-state index in [9.17, 15) is 9.59 Å². The van der Waals surface area contributed by atoms with E-state index in [1.165, 1.54) is 13.0 Å². The van der Waals surface area contributed by atoms with Crippen LogP contribution in [0.3, 0.4) is 0 Å². The summed E-state index contributed by atoms with van der Waals surface area (Å²) >= 11 is 0. The Hall–Kier alpha value is -1.23. The van der Waals surface area contributed by atoms with E-state index < -0.39 is 11.5 Å². The van der Waals surface area contributed by atoms with Crippen LogP contribution in [0.4, 0.5) is 0 Å². The highest BCUT2D eigenvalue weighted by molar-refractivity contribution is 5.84. The molecule has 1 atom stereocenters. The van der Waals surface area contributed by atoms with Gasteiger partial charge in [-0.1, -0.05) is 12.0 Å². The molecule has 3 N–H and O–H groups in total. The molecule has 0 saturated carbocycles. The maximum Gasteiger partial charge on any atom is 0.274 e. The summed E-state index contributed by atoms with van der Waals surface area (Å²) in [6.45, 7) is 3.21. The zero-order valence-corrected chi connectivity index (χ0v) is 6.96. The summed E-state index contributed by atoms with van der Waals surface area (Å²) in [6.07, 6.45) is 1.54. The van der Waals surface area contributed by atoms with E-state index in [2.05, 4.69) is 9.94 Å². The molecule has 1 unspecified atom stereocenters. The van der Waals surface area contributed by atoms with Gasteiger partial charge in [0.15, 0.2) is 5.60 Å². The first-order valence-corrected chi connectivity index (χ1v) is 3.36. The minimum Gasteiger partial charge on any atom is -0.288 e. The Morgan fingerprint density at radius 1 is 1.83 bits per heavy atom. The SMILES string of the molecule is CCC(C)(ON)C(=O)NN=C=O. The number of nitrogens with zero attached hydrogens (tertiary/aromatic N) is 1. The first-order valence-electron chi connectivity index (χ1n) is 3.36. The molecule has 0 heterocycles. The Bertz CT molecular complexity index is 206. The van der Waals surface area contributed by atoms with Crippen LogP contribution in [0.25, 0.3) is 0 Å². The predicted octanol–water partition coefficient (Wildman–Crippen LogP) is -0.588. The number of nitrogens with two attached hydrogens (primary N) is 1. The van der Waals surface area contributed by atoms with Crippen LogP contribution >= 0.6 is 0 Å². The maximum absolute atomic E-state index is 11.1. The van der Waals surface area contributed by atoms with Gasteiger partial charge in [0.05, 0.1) is 0 Å². The summed E-state index contributed by atoms with van der Waals surface area (Å²) in [7, 11) is 0. The monoisotopic (exact) mass is 173 g/mol. The zero-order valence-electron chi connectivity index (χ0n) is 6.96. The van der Waals surface area contributed by atoms with Crippen molar-refractivity contribution in [2.75, 3.05) is 0 Å². The van der Waals surface area contributed by atoms with Gasteiger partial charge < -0.3 is 0 Å². The molecule has 0 saturated heterocycles. The van der Waals surface area contributed by atoms with Gasteiger partial charge in [-0.25, -0.2) is 16.1 Å². The van der Waals surface area contributed by atoms with Crippen LogP contribution in [-0.2, 0) is 14.4 Å². The predicted molar refractivity (Wildman–Crippen MR) is 40.2 cm³/mol. The van der Waals surface area contributed by atoms with Gasteiger partial charge in [-0.2, -0.15) is 0 Å². The van der Waals surface area contributed by atoms with E-state index in [1.54, 1.807) is 6.92 Å².